The number of likely N-dealkylation sites (tertiary alicyclic amines) is 1. The first-order valence-electron chi connectivity index (χ1n) is 9.61. The van der Waals surface area contributed by atoms with Crippen LogP contribution in [-0.4, -0.2) is 40.8 Å². The minimum Gasteiger partial charge on any atom is -0.341 e. The van der Waals surface area contributed by atoms with E-state index in [0.29, 0.717) is 5.13 Å². The van der Waals surface area contributed by atoms with Gasteiger partial charge in [0, 0.05) is 18.0 Å². The van der Waals surface area contributed by atoms with Crippen molar-refractivity contribution in [3.8, 4) is 0 Å². The molecule has 2 heterocycles. The van der Waals surface area contributed by atoms with E-state index < -0.39 is 6.04 Å². The minimum atomic E-state index is -0.651. The van der Waals surface area contributed by atoms with Crippen molar-refractivity contribution in [3.63, 3.8) is 0 Å². The first kappa shape index (κ1) is 20.2. The Balaban J connectivity index is 1.46. The molecule has 1 aliphatic rings. The molecule has 0 aliphatic carbocycles. The molecule has 2 N–H and O–H groups in total. The number of rotatable bonds is 7. The fourth-order valence-corrected chi connectivity index (χ4v) is 3.76. The molecule has 148 valence electrons. The van der Waals surface area contributed by atoms with E-state index in [4.69, 9.17) is 0 Å². The zero-order chi connectivity index (χ0) is 19.8. The van der Waals surface area contributed by atoms with Crippen molar-refractivity contribution in [2.24, 2.45) is 0 Å². The van der Waals surface area contributed by atoms with E-state index in [1.165, 1.54) is 36.7 Å². The summed E-state index contributed by atoms with van der Waals surface area (Å²) in [5.41, 5.74) is 1.91. The van der Waals surface area contributed by atoms with Crippen molar-refractivity contribution >= 4 is 34.4 Å². The number of hydrogen-bond acceptors (Lipinski definition) is 5. The predicted molar refractivity (Wildman–Crippen MR) is 113 cm³/mol. The van der Waals surface area contributed by atoms with Gasteiger partial charge in [-0.05, 0) is 44.5 Å². The topological polar surface area (TPSA) is 74.3 Å². The monoisotopic (exact) mass is 398 g/mol. The van der Waals surface area contributed by atoms with E-state index in [0.717, 1.165) is 30.9 Å². The quantitative estimate of drug-likeness (QED) is 0.702. The maximum atomic E-state index is 12.3. The van der Waals surface area contributed by atoms with E-state index in [-0.39, 0.29) is 11.8 Å². The second-order valence-electron chi connectivity index (χ2n) is 6.94. The third-order valence-corrected chi connectivity index (χ3v) is 5.40. The molecule has 0 saturated carbocycles. The largest absolute Gasteiger partial charge is 0.341 e. The molecule has 1 fully saturated rings. The Bertz CT molecular complexity index is 813. The van der Waals surface area contributed by atoms with Gasteiger partial charge in [0.05, 0.1) is 5.69 Å². The third-order valence-electron chi connectivity index (χ3n) is 4.59. The Morgan fingerprint density at radius 1 is 1.21 bits per heavy atom. The van der Waals surface area contributed by atoms with Crippen LogP contribution in [0.15, 0.2) is 41.8 Å². The van der Waals surface area contributed by atoms with Crippen LogP contribution in [0.3, 0.4) is 0 Å². The van der Waals surface area contributed by atoms with E-state index in [9.17, 15) is 9.59 Å². The summed E-state index contributed by atoms with van der Waals surface area (Å²) < 4.78 is 0. The normalized spacial score (nSPS) is 16.0. The van der Waals surface area contributed by atoms with Gasteiger partial charge in [-0.25, -0.2) is 4.98 Å². The number of nitrogens with zero attached hydrogens (tertiary/aromatic N) is 2. The molecular weight excluding hydrogens is 372 g/mol. The summed E-state index contributed by atoms with van der Waals surface area (Å²) in [6, 6.07) is 8.89. The van der Waals surface area contributed by atoms with Crippen molar-refractivity contribution in [1.82, 2.24) is 15.2 Å². The van der Waals surface area contributed by atoms with Crippen LogP contribution in [0.4, 0.5) is 5.13 Å². The summed E-state index contributed by atoms with van der Waals surface area (Å²) in [5.74, 6) is -0.586. The fourth-order valence-electron chi connectivity index (χ4n) is 3.06. The SMILES string of the molecule is CC(NC(=O)C=Cc1ccccc1)C(=O)Nc1nc(CN2CCCCC2)cs1. The molecule has 2 aromatic rings. The smallest absolute Gasteiger partial charge is 0.248 e. The number of carbonyl (C=O) groups is 2. The molecule has 0 bridgehead atoms. The number of aromatic nitrogens is 1. The standard InChI is InChI=1S/C21H26N4O2S/c1-16(22-19(26)11-10-17-8-4-2-5-9-17)20(27)24-21-23-18(15-28-21)14-25-12-6-3-7-13-25/h2,4-5,8-11,15-16H,3,6-7,12-14H2,1H3,(H,22,26)(H,23,24,27). The molecule has 0 spiro atoms. The highest BCUT2D eigenvalue weighted by molar-refractivity contribution is 7.13. The van der Waals surface area contributed by atoms with Crippen LogP contribution in [0.5, 0.6) is 0 Å². The highest BCUT2D eigenvalue weighted by atomic mass is 32.1. The van der Waals surface area contributed by atoms with Gasteiger partial charge in [-0.2, -0.15) is 0 Å². The molecule has 3 rings (SSSR count). The van der Waals surface area contributed by atoms with Gasteiger partial charge >= 0.3 is 0 Å². The zero-order valence-electron chi connectivity index (χ0n) is 16.1. The lowest BCUT2D eigenvalue weighted by atomic mass is 10.1. The highest BCUT2D eigenvalue weighted by Gasteiger charge is 2.17. The average Bonchev–Trinajstić information content (AvgIpc) is 3.14. The lowest BCUT2D eigenvalue weighted by Gasteiger charge is -2.25. The third kappa shape index (κ3) is 6.28. The second-order valence-corrected chi connectivity index (χ2v) is 7.80. The van der Waals surface area contributed by atoms with E-state index >= 15 is 0 Å². The molecule has 1 atom stereocenters. The van der Waals surface area contributed by atoms with Crippen molar-refractivity contribution in [2.45, 2.75) is 38.8 Å². The maximum absolute atomic E-state index is 12.3. The van der Waals surface area contributed by atoms with Crippen LogP contribution in [0.1, 0.15) is 37.4 Å². The van der Waals surface area contributed by atoms with Crippen LogP contribution >= 0.6 is 11.3 Å². The van der Waals surface area contributed by atoms with Crippen LogP contribution in [0.2, 0.25) is 0 Å². The Morgan fingerprint density at radius 3 is 2.71 bits per heavy atom. The minimum absolute atomic E-state index is 0.277. The molecule has 6 nitrogen and oxygen atoms in total. The van der Waals surface area contributed by atoms with Gasteiger partial charge in [-0.15, -0.1) is 11.3 Å². The van der Waals surface area contributed by atoms with Crippen molar-refractivity contribution in [3.05, 3.63) is 53.0 Å². The van der Waals surface area contributed by atoms with Gasteiger partial charge in [-0.1, -0.05) is 36.8 Å². The van der Waals surface area contributed by atoms with Gasteiger partial charge in [0.25, 0.3) is 0 Å². The molecule has 28 heavy (non-hydrogen) atoms. The van der Waals surface area contributed by atoms with Crippen LogP contribution < -0.4 is 10.6 Å². The number of carbonyl (C=O) groups excluding carboxylic acids is 2. The summed E-state index contributed by atoms with van der Waals surface area (Å²) in [4.78, 5) is 31.2. The molecule has 7 heteroatoms. The van der Waals surface area contributed by atoms with Crippen molar-refractivity contribution < 1.29 is 9.59 Å². The summed E-state index contributed by atoms with van der Waals surface area (Å²) in [5, 5.41) is 8.01. The van der Waals surface area contributed by atoms with Gasteiger partial charge < -0.3 is 10.6 Å². The molecule has 1 unspecified atom stereocenters. The van der Waals surface area contributed by atoms with Crippen LogP contribution in [0, 0.1) is 0 Å². The van der Waals surface area contributed by atoms with Crippen molar-refractivity contribution in [2.75, 3.05) is 18.4 Å². The molecule has 0 radical (unpaired) electrons. The Kier molecular flexibility index (Phi) is 7.33. The number of hydrogen-bond donors (Lipinski definition) is 2. The zero-order valence-corrected chi connectivity index (χ0v) is 16.9. The van der Waals surface area contributed by atoms with Crippen molar-refractivity contribution in [1.29, 1.82) is 0 Å². The molecule has 1 aromatic carbocycles. The second kappa shape index (κ2) is 10.1. The van der Waals surface area contributed by atoms with Gasteiger partial charge in [0.2, 0.25) is 11.8 Å². The summed E-state index contributed by atoms with van der Waals surface area (Å²) in [7, 11) is 0. The molecule has 1 aromatic heterocycles. The number of amides is 2. The number of thiazole rings is 1. The lowest BCUT2D eigenvalue weighted by molar-refractivity contribution is -0.123. The van der Waals surface area contributed by atoms with Crippen LogP contribution in [0.25, 0.3) is 6.08 Å². The first-order chi connectivity index (χ1) is 13.6. The van der Waals surface area contributed by atoms with Gasteiger partial charge in [-0.3, -0.25) is 14.5 Å². The van der Waals surface area contributed by atoms with Gasteiger partial charge in [0.15, 0.2) is 5.13 Å². The van der Waals surface area contributed by atoms with Crippen LogP contribution in [-0.2, 0) is 16.1 Å². The fraction of sp³-hybridized carbons (Fsp3) is 0.381. The number of piperidine rings is 1. The molecule has 2 amide bonds. The van der Waals surface area contributed by atoms with E-state index in [1.54, 1.807) is 13.0 Å². The first-order valence-corrected chi connectivity index (χ1v) is 10.5. The summed E-state index contributed by atoms with van der Waals surface area (Å²) in [6.07, 6.45) is 6.93. The average molecular weight is 399 g/mol. The summed E-state index contributed by atoms with van der Waals surface area (Å²) in [6.45, 7) is 4.70. The Morgan fingerprint density at radius 2 is 1.96 bits per heavy atom. The lowest BCUT2D eigenvalue weighted by Crippen LogP contribution is -2.40. The van der Waals surface area contributed by atoms with E-state index in [2.05, 4.69) is 20.5 Å². The number of anilines is 1. The van der Waals surface area contributed by atoms with E-state index in [1.807, 2.05) is 35.7 Å². The summed E-state index contributed by atoms with van der Waals surface area (Å²) >= 11 is 1.41. The molecule has 1 aliphatic heterocycles. The Hall–Kier alpha value is -2.51. The Labute approximate surface area is 169 Å². The maximum Gasteiger partial charge on any atom is 0.248 e. The molecular formula is C21H26N4O2S. The molecule has 1 saturated heterocycles. The highest BCUT2D eigenvalue weighted by Crippen LogP contribution is 2.19. The number of nitrogens with one attached hydrogen (secondary N) is 2. The number of benzene rings is 1. The van der Waals surface area contributed by atoms with Gasteiger partial charge in [0.1, 0.15) is 6.04 Å². The predicted octanol–water partition coefficient (Wildman–Crippen LogP) is 3.29.